The first-order chi connectivity index (χ1) is 14.4. The van der Waals surface area contributed by atoms with Gasteiger partial charge in [-0.25, -0.2) is 9.97 Å². The molecular weight excluding hydrogens is 395 g/mol. The SMILES string of the molecule is CC.CNC(=O)c1ccc(C)c(Nc2nccc(-c3ccccc3)n2)c1.C[P+](C)=O. The molecule has 0 atom stereocenters. The number of aromatic nitrogens is 2. The molecule has 0 fully saturated rings. The van der Waals surface area contributed by atoms with Gasteiger partial charge < -0.3 is 10.6 Å². The van der Waals surface area contributed by atoms with Crippen molar-refractivity contribution in [2.75, 3.05) is 25.7 Å². The van der Waals surface area contributed by atoms with E-state index in [1.165, 1.54) is 0 Å². The number of nitrogens with zero attached hydrogens (tertiary/aromatic N) is 2. The van der Waals surface area contributed by atoms with Crippen molar-refractivity contribution in [1.29, 1.82) is 0 Å². The number of hydrogen-bond acceptors (Lipinski definition) is 5. The van der Waals surface area contributed by atoms with Crippen molar-refractivity contribution in [2.45, 2.75) is 20.8 Å². The molecule has 0 radical (unpaired) electrons. The van der Waals surface area contributed by atoms with Crippen LogP contribution in [-0.4, -0.2) is 36.3 Å². The predicted molar refractivity (Wildman–Crippen MR) is 126 cm³/mol. The summed E-state index contributed by atoms with van der Waals surface area (Å²) in [6.07, 6.45) is 1.72. The smallest absolute Gasteiger partial charge is 0.332 e. The number of benzene rings is 2. The monoisotopic (exact) mass is 425 g/mol. The van der Waals surface area contributed by atoms with Crippen molar-refractivity contribution in [1.82, 2.24) is 15.3 Å². The summed E-state index contributed by atoms with van der Waals surface area (Å²) >= 11 is 0. The van der Waals surface area contributed by atoms with Crippen LogP contribution in [0.1, 0.15) is 29.8 Å². The number of carbonyl (C=O) groups is 1. The Morgan fingerprint density at radius 1 is 1.00 bits per heavy atom. The first-order valence-electron chi connectivity index (χ1n) is 9.73. The third-order valence-corrected chi connectivity index (χ3v) is 3.70. The van der Waals surface area contributed by atoms with Gasteiger partial charge in [-0.15, -0.1) is 0 Å². The average Bonchev–Trinajstić information content (AvgIpc) is 2.76. The Hall–Kier alpha value is -3.11. The lowest BCUT2D eigenvalue weighted by Gasteiger charge is -2.11. The topological polar surface area (TPSA) is 84.0 Å². The molecule has 0 unspecified atom stereocenters. The first kappa shape index (κ1) is 24.9. The number of rotatable bonds is 4. The van der Waals surface area contributed by atoms with Crippen molar-refractivity contribution in [3.05, 3.63) is 71.9 Å². The molecule has 0 aliphatic heterocycles. The molecule has 158 valence electrons. The maximum Gasteiger partial charge on any atom is 0.332 e. The summed E-state index contributed by atoms with van der Waals surface area (Å²) in [6.45, 7) is 9.32. The summed E-state index contributed by atoms with van der Waals surface area (Å²) in [5.41, 5.74) is 4.27. The molecule has 1 aromatic heterocycles. The summed E-state index contributed by atoms with van der Waals surface area (Å²) < 4.78 is 9.59. The Morgan fingerprint density at radius 3 is 2.23 bits per heavy atom. The van der Waals surface area contributed by atoms with Gasteiger partial charge in [-0.3, -0.25) is 4.79 Å². The van der Waals surface area contributed by atoms with E-state index in [4.69, 9.17) is 0 Å². The molecule has 0 aliphatic carbocycles. The van der Waals surface area contributed by atoms with Crippen LogP contribution in [0.4, 0.5) is 11.6 Å². The summed E-state index contributed by atoms with van der Waals surface area (Å²) in [5.74, 6) is 0.366. The molecule has 6 nitrogen and oxygen atoms in total. The molecule has 3 aromatic rings. The van der Waals surface area contributed by atoms with Gasteiger partial charge in [0.15, 0.2) is 0 Å². The lowest BCUT2D eigenvalue weighted by molar-refractivity contribution is 0.0963. The van der Waals surface area contributed by atoms with Gasteiger partial charge in [0.1, 0.15) is 13.3 Å². The lowest BCUT2D eigenvalue weighted by Crippen LogP contribution is -2.17. The zero-order valence-electron chi connectivity index (χ0n) is 18.4. The molecule has 0 spiro atoms. The Bertz CT molecular complexity index is 958. The zero-order chi connectivity index (χ0) is 22.5. The highest BCUT2D eigenvalue weighted by atomic mass is 31.1. The molecule has 30 heavy (non-hydrogen) atoms. The highest BCUT2D eigenvalue weighted by Gasteiger charge is 2.08. The second-order valence-corrected chi connectivity index (χ2v) is 7.80. The van der Waals surface area contributed by atoms with E-state index in [2.05, 4.69) is 20.6 Å². The van der Waals surface area contributed by atoms with E-state index in [0.717, 1.165) is 22.5 Å². The molecule has 0 aliphatic rings. The molecule has 0 bridgehead atoms. The second-order valence-electron chi connectivity index (χ2n) is 6.18. The van der Waals surface area contributed by atoms with E-state index in [9.17, 15) is 9.36 Å². The summed E-state index contributed by atoms with van der Waals surface area (Å²) in [5, 5.41) is 5.82. The van der Waals surface area contributed by atoms with Gasteiger partial charge in [-0.1, -0.05) is 54.8 Å². The standard InChI is InChI=1S/C19H18N4O.C2H6OP.C2H6/c1-13-8-9-15(18(24)20-2)12-17(13)23-19-21-11-10-16(22-19)14-6-4-3-5-7-14;1-4(2)3;1-2/h3-12H,1-2H3,(H,20,24)(H,21,22,23);1-2H3;1-2H3/q;+1;. The van der Waals surface area contributed by atoms with Crippen molar-refractivity contribution in [3.63, 3.8) is 0 Å². The van der Waals surface area contributed by atoms with Gasteiger partial charge in [0, 0.05) is 30.1 Å². The molecule has 1 amide bonds. The quantitative estimate of drug-likeness (QED) is 0.527. The fourth-order valence-corrected chi connectivity index (χ4v) is 2.35. The maximum atomic E-state index is 11.8. The van der Waals surface area contributed by atoms with Crippen molar-refractivity contribution < 1.29 is 9.36 Å². The molecule has 0 saturated heterocycles. The molecular formula is C23H30N4O2P+. The average molecular weight is 425 g/mol. The molecule has 0 saturated carbocycles. The van der Waals surface area contributed by atoms with E-state index in [1.807, 2.05) is 63.2 Å². The number of anilines is 2. The van der Waals surface area contributed by atoms with E-state index >= 15 is 0 Å². The van der Waals surface area contributed by atoms with Gasteiger partial charge in [-0.05, 0) is 30.7 Å². The van der Waals surface area contributed by atoms with Crippen LogP contribution < -0.4 is 10.6 Å². The number of nitrogens with one attached hydrogen (secondary N) is 2. The van der Waals surface area contributed by atoms with Crippen molar-refractivity contribution >= 4 is 25.3 Å². The largest absolute Gasteiger partial charge is 0.355 e. The van der Waals surface area contributed by atoms with E-state index in [0.29, 0.717) is 11.5 Å². The van der Waals surface area contributed by atoms with Gasteiger partial charge in [0.05, 0.1) is 5.69 Å². The second kappa shape index (κ2) is 13.2. The lowest BCUT2D eigenvalue weighted by atomic mass is 10.1. The van der Waals surface area contributed by atoms with Gasteiger partial charge in [0.2, 0.25) is 5.95 Å². The first-order valence-corrected chi connectivity index (χ1v) is 11.9. The molecule has 2 aromatic carbocycles. The Labute approximate surface area is 180 Å². The van der Waals surface area contributed by atoms with E-state index < -0.39 is 7.80 Å². The highest BCUT2D eigenvalue weighted by Crippen LogP contribution is 2.22. The fraction of sp³-hybridized carbons (Fsp3) is 0.261. The number of aryl methyl sites for hydroxylation is 1. The van der Waals surface area contributed by atoms with Crippen molar-refractivity contribution in [2.24, 2.45) is 0 Å². The maximum absolute atomic E-state index is 11.8. The molecule has 3 rings (SSSR count). The van der Waals surface area contributed by atoms with Gasteiger partial charge in [0.25, 0.3) is 5.91 Å². The van der Waals surface area contributed by atoms with Gasteiger partial charge >= 0.3 is 7.80 Å². The van der Waals surface area contributed by atoms with Crippen LogP contribution in [0.3, 0.4) is 0 Å². The van der Waals surface area contributed by atoms with Crippen LogP contribution in [0.25, 0.3) is 11.3 Å². The summed E-state index contributed by atoms with van der Waals surface area (Å²) in [6, 6.07) is 17.3. The Balaban J connectivity index is 0.000000673. The predicted octanol–water partition coefficient (Wildman–Crippen LogP) is 5.65. The summed E-state index contributed by atoms with van der Waals surface area (Å²) in [7, 11) is 0.742. The van der Waals surface area contributed by atoms with Crippen LogP contribution in [0.5, 0.6) is 0 Å². The Kier molecular flexibility index (Phi) is 10.9. The fourth-order valence-electron chi connectivity index (χ4n) is 2.35. The van der Waals surface area contributed by atoms with Crippen LogP contribution >= 0.6 is 7.80 Å². The van der Waals surface area contributed by atoms with Crippen LogP contribution in [0.15, 0.2) is 60.8 Å². The minimum absolute atomic E-state index is 0.128. The number of carbonyl (C=O) groups excluding carboxylic acids is 1. The van der Waals surface area contributed by atoms with Crippen LogP contribution in [0, 0.1) is 6.92 Å². The van der Waals surface area contributed by atoms with Crippen LogP contribution in [-0.2, 0) is 4.57 Å². The van der Waals surface area contributed by atoms with E-state index in [1.54, 1.807) is 38.7 Å². The number of amides is 1. The minimum atomic E-state index is -0.870. The van der Waals surface area contributed by atoms with Crippen LogP contribution in [0.2, 0.25) is 0 Å². The van der Waals surface area contributed by atoms with Crippen molar-refractivity contribution in [3.8, 4) is 11.3 Å². The normalized spacial score (nSPS) is 9.27. The third kappa shape index (κ3) is 8.10. The zero-order valence-corrected chi connectivity index (χ0v) is 19.3. The summed E-state index contributed by atoms with van der Waals surface area (Å²) in [4.78, 5) is 20.6. The molecule has 7 heteroatoms. The number of hydrogen-bond donors (Lipinski definition) is 2. The van der Waals surface area contributed by atoms with Gasteiger partial charge in [-0.2, -0.15) is 0 Å². The Morgan fingerprint density at radius 2 is 1.63 bits per heavy atom. The van der Waals surface area contributed by atoms with E-state index in [-0.39, 0.29) is 5.91 Å². The minimum Gasteiger partial charge on any atom is -0.355 e. The third-order valence-electron chi connectivity index (χ3n) is 3.70. The molecule has 1 heterocycles. The highest BCUT2D eigenvalue weighted by molar-refractivity contribution is 7.42. The molecule has 2 N–H and O–H groups in total.